The highest BCUT2D eigenvalue weighted by Crippen LogP contribution is 2.31. The number of imidazole rings is 1. The van der Waals surface area contributed by atoms with E-state index in [0.29, 0.717) is 11.2 Å². The van der Waals surface area contributed by atoms with Crippen LogP contribution >= 0.6 is 11.6 Å². The highest BCUT2D eigenvalue weighted by atomic mass is 35.5. The number of halogens is 1. The van der Waals surface area contributed by atoms with Crippen LogP contribution in [0.25, 0.3) is 28.2 Å². The van der Waals surface area contributed by atoms with Crippen LogP contribution in [0.15, 0.2) is 46.2 Å². The molecule has 8 nitrogen and oxygen atoms in total. The van der Waals surface area contributed by atoms with Crippen LogP contribution in [-0.2, 0) is 0 Å². The smallest absolute Gasteiger partial charge is 0.357 e. The predicted octanol–water partition coefficient (Wildman–Crippen LogP) is 3.00. The number of aromatic nitrogens is 4. The van der Waals surface area contributed by atoms with E-state index in [4.69, 9.17) is 20.5 Å². The summed E-state index contributed by atoms with van der Waals surface area (Å²) in [4.78, 5) is 19.4. The van der Waals surface area contributed by atoms with E-state index in [1.807, 2.05) is 0 Å². The number of rotatable bonds is 3. The molecule has 0 aliphatic rings. The van der Waals surface area contributed by atoms with Crippen molar-refractivity contribution in [1.82, 2.24) is 19.5 Å². The number of fused-ring (bicyclic) bond motifs is 1. The van der Waals surface area contributed by atoms with Crippen LogP contribution in [0, 0.1) is 0 Å². The Kier molecular flexibility index (Phi) is 2.91. The number of carbonyl (C=O) groups is 1. The van der Waals surface area contributed by atoms with Crippen molar-refractivity contribution in [2.75, 3.05) is 0 Å². The molecule has 0 aliphatic carbocycles. The average molecular weight is 331 g/mol. The average Bonchev–Trinajstić information content (AvgIpc) is 3.28. The van der Waals surface area contributed by atoms with E-state index in [1.54, 1.807) is 24.6 Å². The maximum absolute atomic E-state index is 11.3. The number of pyridine rings is 1. The van der Waals surface area contributed by atoms with Gasteiger partial charge in [0.2, 0.25) is 12.2 Å². The zero-order valence-electron chi connectivity index (χ0n) is 11.3. The molecule has 0 fully saturated rings. The van der Waals surface area contributed by atoms with Crippen molar-refractivity contribution in [2.45, 2.75) is 0 Å². The number of aromatic carboxylic acids is 1. The van der Waals surface area contributed by atoms with Crippen molar-refractivity contribution >= 4 is 23.2 Å². The van der Waals surface area contributed by atoms with Gasteiger partial charge >= 0.3 is 5.97 Å². The highest BCUT2D eigenvalue weighted by Gasteiger charge is 2.21. The van der Waals surface area contributed by atoms with Gasteiger partial charge in [0, 0.05) is 17.3 Å². The SMILES string of the molecule is O=C(O)c1nc2c(-c3ncon3)cc(-c3ccoc3)cn2c1Cl. The molecule has 23 heavy (non-hydrogen) atoms. The van der Waals surface area contributed by atoms with Gasteiger partial charge in [-0.05, 0) is 12.1 Å². The fraction of sp³-hybridized carbons (Fsp3) is 0. The zero-order valence-corrected chi connectivity index (χ0v) is 12.1. The molecule has 1 N–H and O–H groups in total. The Morgan fingerprint density at radius 1 is 1.35 bits per heavy atom. The fourth-order valence-electron chi connectivity index (χ4n) is 2.29. The largest absolute Gasteiger partial charge is 0.476 e. The normalized spacial score (nSPS) is 11.2. The molecule has 0 saturated carbocycles. The van der Waals surface area contributed by atoms with Gasteiger partial charge in [-0.1, -0.05) is 16.8 Å². The van der Waals surface area contributed by atoms with Crippen molar-refractivity contribution < 1.29 is 18.8 Å². The lowest BCUT2D eigenvalue weighted by Gasteiger charge is -2.04. The summed E-state index contributed by atoms with van der Waals surface area (Å²) >= 11 is 6.15. The Hall–Kier alpha value is -3.13. The number of hydrogen-bond acceptors (Lipinski definition) is 6. The Labute approximate surface area is 132 Å². The van der Waals surface area contributed by atoms with Crippen molar-refractivity contribution in [1.29, 1.82) is 0 Å². The Bertz CT molecular complexity index is 1010. The lowest BCUT2D eigenvalue weighted by atomic mass is 10.1. The first-order valence-corrected chi connectivity index (χ1v) is 6.77. The molecular formula is C14H7ClN4O4. The van der Waals surface area contributed by atoms with Gasteiger partial charge in [0.15, 0.2) is 5.69 Å². The second-order valence-electron chi connectivity index (χ2n) is 4.66. The van der Waals surface area contributed by atoms with E-state index in [9.17, 15) is 9.90 Å². The molecule has 4 heterocycles. The van der Waals surface area contributed by atoms with E-state index >= 15 is 0 Å². The van der Waals surface area contributed by atoms with Gasteiger partial charge in [-0.25, -0.2) is 9.78 Å². The third kappa shape index (κ3) is 2.08. The molecule has 9 heteroatoms. The molecule has 0 atom stereocenters. The molecule has 114 valence electrons. The topological polar surface area (TPSA) is 107 Å². The maximum Gasteiger partial charge on any atom is 0.357 e. The Morgan fingerprint density at radius 3 is 2.87 bits per heavy atom. The van der Waals surface area contributed by atoms with E-state index in [2.05, 4.69) is 15.1 Å². The molecule has 4 rings (SSSR count). The summed E-state index contributed by atoms with van der Waals surface area (Å²) in [5.41, 5.74) is 2.09. The minimum Gasteiger partial charge on any atom is -0.476 e. The van der Waals surface area contributed by atoms with E-state index in [0.717, 1.165) is 11.1 Å². The third-order valence-electron chi connectivity index (χ3n) is 3.32. The number of carboxylic acid groups (broad SMARTS) is 1. The summed E-state index contributed by atoms with van der Waals surface area (Å²) < 4.78 is 11.3. The molecule has 0 bridgehead atoms. The predicted molar refractivity (Wildman–Crippen MR) is 78.2 cm³/mol. The van der Waals surface area contributed by atoms with Crippen LogP contribution in [0.3, 0.4) is 0 Å². The van der Waals surface area contributed by atoms with Gasteiger partial charge in [-0.2, -0.15) is 4.98 Å². The van der Waals surface area contributed by atoms with Crippen molar-refractivity contribution in [2.24, 2.45) is 0 Å². The molecule has 4 aromatic heterocycles. The number of furan rings is 1. The van der Waals surface area contributed by atoms with Crippen LogP contribution < -0.4 is 0 Å². The lowest BCUT2D eigenvalue weighted by molar-refractivity contribution is 0.0691. The van der Waals surface area contributed by atoms with Gasteiger partial charge in [0.1, 0.15) is 10.8 Å². The number of hydrogen-bond donors (Lipinski definition) is 1. The van der Waals surface area contributed by atoms with Crippen LogP contribution in [-0.4, -0.2) is 30.6 Å². The number of nitrogens with zero attached hydrogens (tertiary/aromatic N) is 4. The van der Waals surface area contributed by atoms with Crippen LogP contribution in [0.4, 0.5) is 0 Å². The molecule has 0 aromatic carbocycles. The second kappa shape index (κ2) is 4.96. The van der Waals surface area contributed by atoms with Gasteiger partial charge in [-0.15, -0.1) is 0 Å². The molecular weight excluding hydrogens is 324 g/mol. The molecule has 0 saturated heterocycles. The summed E-state index contributed by atoms with van der Waals surface area (Å²) in [7, 11) is 0. The fourth-order valence-corrected chi connectivity index (χ4v) is 2.55. The summed E-state index contributed by atoms with van der Waals surface area (Å²) in [6.45, 7) is 0. The quantitative estimate of drug-likeness (QED) is 0.615. The van der Waals surface area contributed by atoms with E-state index in [-0.39, 0.29) is 16.7 Å². The van der Waals surface area contributed by atoms with Crippen LogP contribution in [0.1, 0.15) is 10.5 Å². The van der Waals surface area contributed by atoms with Gasteiger partial charge in [0.25, 0.3) is 0 Å². The number of carboxylic acids is 1. The molecule has 4 aromatic rings. The third-order valence-corrected chi connectivity index (χ3v) is 3.68. The summed E-state index contributed by atoms with van der Waals surface area (Å²) in [5.74, 6) is -0.943. The standard InChI is InChI=1S/C14H7ClN4O4/c15-11-10(14(20)21)17-13-9(12-16-6-23-18-12)3-8(4-19(11)13)7-1-2-22-5-7/h1-6H,(H,20,21). The van der Waals surface area contributed by atoms with Crippen LogP contribution in [0.5, 0.6) is 0 Å². The van der Waals surface area contributed by atoms with Crippen molar-refractivity contribution in [3.8, 4) is 22.5 Å². The summed E-state index contributed by atoms with van der Waals surface area (Å²) in [6.07, 6.45) is 5.94. The molecule has 0 amide bonds. The zero-order chi connectivity index (χ0) is 16.0. The first-order valence-electron chi connectivity index (χ1n) is 6.39. The molecule has 0 spiro atoms. The second-order valence-corrected chi connectivity index (χ2v) is 5.02. The lowest BCUT2D eigenvalue weighted by Crippen LogP contribution is -1.96. The Balaban J connectivity index is 2.08. The Morgan fingerprint density at radius 2 is 2.22 bits per heavy atom. The van der Waals surface area contributed by atoms with Crippen molar-refractivity contribution in [3.05, 3.63) is 48.1 Å². The highest BCUT2D eigenvalue weighted by molar-refractivity contribution is 6.32. The van der Waals surface area contributed by atoms with E-state index in [1.165, 1.54) is 17.1 Å². The summed E-state index contributed by atoms with van der Waals surface area (Å²) in [5, 5.41) is 13.0. The monoisotopic (exact) mass is 330 g/mol. The van der Waals surface area contributed by atoms with Gasteiger partial charge < -0.3 is 14.0 Å². The minimum atomic E-state index is -1.22. The first kappa shape index (κ1) is 13.5. The van der Waals surface area contributed by atoms with Crippen molar-refractivity contribution in [3.63, 3.8) is 0 Å². The maximum atomic E-state index is 11.3. The first-order chi connectivity index (χ1) is 11.1. The molecule has 0 unspecified atom stereocenters. The van der Waals surface area contributed by atoms with Gasteiger partial charge in [0.05, 0.1) is 18.1 Å². The molecule has 0 aliphatic heterocycles. The minimum absolute atomic E-state index is 0.0115. The van der Waals surface area contributed by atoms with Crippen LogP contribution in [0.2, 0.25) is 5.15 Å². The molecule has 0 radical (unpaired) electrons. The van der Waals surface area contributed by atoms with Gasteiger partial charge in [-0.3, -0.25) is 4.40 Å². The summed E-state index contributed by atoms with van der Waals surface area (Å²) in [6, 6.07) is 3.53. The van der Waals surface area contributed by atoms with E-state index < -0.39 is 5.97 Å².